The molecule has 1 saturated heterocycles. The summed E-state index contributed by atoms with van der Waals surface area (Å²) in [4.78, 5) is 15.3. The molecule has 0 aliphatic carbocycles. The molecule has 0 spiro atoms. The average Bonchev–Trinajstić information content (AvgIpc) is 2.84. The van der Waals surface area contributed by atoms with Crippen LogP contribution in [0.2, 0.25) is 15.1 Å². The van der Waals surface area contributed by atoms with Gasteiger partial charge in [0.05, 0.1) is 10.0 Å². The number of carbonyl (C=O) groups is 1. The van der Waals surface area contributed by atoms with Crippen LogP contribution in [0, 0.1) is 5.92 Å². The van der Waals surface area contributed by atoms with Crippen LogP contribution in [-0.4, -0.2) is 37.5 Å². The first-order valence-corrected chi connectivity index (χ1v) is 9.47. The molecule has 1 aromatic heterocycles. The Morgan fingerprint density at radius 3 is 2.65 bits per heavy atom. The predicted octanol–water partition coefficient (Wildman–Crippen LogP) is 4.93. The Hall–Kier alpha value is -0.520. The van der Waals surface area contributed by atoms with Crippen molar-refractivity contribution in [2.45, 2.75) is 12.8 Å². The van der Waals surface area contributed by atoms with Gasteiger partial charge in [0.15, 0.2) is 0 Å². The van der Waals surface area contributed by atoms with E-state index in [-0.39, 0.29) is 5.91 Å². The first-order valence-electron chi connectivity index (χ1n) is 7.52. The number of halogens is 3. The molecule has 3 rings (SSSR count). The highest BCUT2D eigenvalue weighted by molar-refractivity contribution is 7.21. The number of nitrogens with one attached hydrogen (secondary N) is 1. The fourth-order valence-electron chi connectivity index (χ4n) is 3.02. The van der Waals surface area contributed by atoms with Crippen LogP contribution < -0.4 is 5.32 Å². The molecule has 1 aliphatic heterocycles. The monoisotopic (exact) mass is 390 g/mol. The van der Waals surface area contributed by atoms with Gasteiger partial charge >= 0.3 is 0 Å². The van der Waals surface area contributed by atoms with Crippen molar-refractivity contribution in [3.63, 3.8) is 0 Å². The van der Waals surface area contributed by atoms with Crippen LogP contribution in [-0.2, 0) is 0 Å². The summed E-state index contributed by atoms with van der Waals surface area (Å²) in [5, 5.41) is 5.39. The van der Waals surface area contributed by atoms with E-state index in [1.807, 2.05) is 11.9 Å². The number of amides is 1. The van der Waals surface area contributed by atoms with Crippen molar-refractivity contribution >= 4 is 62.1 Å². The van der Waals surface area contributed by atoms with Crippen molar-refractivity contribution in [2.75, 3.05) is 26.7 Å². The lowest BCUT2D eigenvalue weighted by atomic mass is 9.97. The minimum absolute atomic E-state index is 0.00806. The Morgan fingerprint density at radius 1 is 1.30 bits per heavy atom. The molecular weight excluding hydrogens is 375 g/mol. The number of thiophene rings is 1. The molecule has 0 radical (unpaired) electrons. The fraction of sp³-hybridized carbons (Fsp3) is 0.438. The molecule has 0 bridgehead atoms. The summed E-state index contributed by atoms with van der Waals surface area (Å²) in [5.41, 5.74) is 0. The third-order valence-corrected chi connectivity index (χ3v) is 6.37. The minimum Gasteiger partial charge on any atom is -0.338 e. The van der Waals surface area contributed by atoms with Gasteiger partial charge in [0, 0.05) is 28.2 Å². The van der Waals surface area contributed by atoms with E-state index in [0.717, 1.165) is 42.6 Å². The van der Waals surface area contributed by atoms with E-state index >= 15 is 0 Å². The molecule has 1 N–H and O–H groups in total. The van der Waals surface area contributed by atoms with E-state index in [2.05, 4.69) is 5.32 Å². The second-order valence-electron chi connectivity index (χ2n) is 5.80. The van der Waals surface area contributed by atoms with Crippen LogP contribution in [0.4, 0.5) is 0 Å². The van der Waals surface area contributed by atoms with Gasteiger partial charge in [-0.2, -0.15) is 0 Å². The molecule has 3 nitrogen and oxygen atoms in total. The van der Waals surface area contributed by atoms with Gasteiger partial charge in [-0.3, -0.25) is 4.79 Å². The molecule has 0 unspecified atom stereocenters. The highest BCUT2D eigenvalue weighted by Crippen LogP contribution is 2.41. The molecule has 2 aromatic rings. The summed E-state index contributed by atoms with van der Waals surface area (Å²) in [7, 11) is 1.96. The normalized spacial score (nSPS) is 16.3. The zero-order valence-corrected chi connectivity index (χ0v) is 15.7. The number of piperidine rings is 1. The van der Waals surface area contributed by atoms with Gasteiger partial charge in [-0.1, -0.05) is 34.8 Å². The zero-order chi connectivity index (χ0) is 16.6. The standard InChI is InChI=1S/C16H17Cl3N2OS/c1-20-8-9-2-4-21(5-3-9)16(22)15-14(19)13-11(18)6-10(17)7-12(13)23-15/h6-7,9,20H,2-5,8H2,1H3. The summed E-state index contributed by atoms with van der Waals surface area (Å²) in [6.07, 6.45) is 2.03. The Kier molecular flexibility index (Phi) is 5.39. The quantitative estimate of drug-likeness (QED) is 0.804. The van der Waals surface area contributed by atoms with E-state index in [0.29, 0.717) is 25.9 Å². The van der Waals surface area contributed by atoms with Gasteiger partial charge in [-0.25, -0.2) is 0 Å². The summed E-state index contributed by atoms with van der Waals surface area (Å²) in [6.45, 7) is 2.54. The first-order chi connectivity index (χ1) is 11.0. The Morgan fingerprint density at radius 2 is 2.00 bits per heavy atom. The SMILES string of the molecule is CNCC1CCN(C(=O)c2sc3cc(Cl)cc(Cl)c3c2Cl)CC1. The lowest BCUT2D eigenvalue weighted by Crippen LogP contribution is -2.40. The van der Waals surface area contributed by atoms with Gasteiger partial charge in [0.1, 0.15) is 4.88 Å². The van der Waals surface area contributed by atoms with Crippen LogP contribution in [0.3, 0.4) is 0 Å². The number of carbonyl (C=O) groups excluding carboxylic acids is 1. The predicted molar refractivity (Wildman–Crippen MR) is 99.4 cm³/mol. The highest BCUT2D eigenvalue weighted by atomic mass is 35.5. The zero-order valence-electron chi connectivity index (χ0n) is 12.7. The molecule has 7 heteroatoms. The molecular formula is C16H17Cl3N2OS. The molecule has 0 saturated carbocycles. The van der Waals surface area contributed by atoms with E-state index in [1.54, 1.807) is 12.1 Å². The van der Waals surface area contributed by atoms with Gasteiger partial charge in [0.2, 0.25) is 0 Å². The second kappa shape index (κ2) is 7.16. The number of hydrogen-bond donors (Lipinski definition) is 1. The minimum atomic E-state index is -0.00806. The summed E-state index contributed by atoms with van der Waals surface area (Å²) in [6, 6.07) is 3.46. The summed E-state index contributed by atoms with van der Waals surface area (Å²) in [5.74, 6) is 0.626. The van der Waals surface area contributed by atoms with Crippen LogP contribution in [0.25, 0.3) is 10.1 Å². The van der Waals surface area contributed by atoms with Crippen molar-refractivity contribution in [2.24, 2.45) is 5.92 Å². The van der Waals surface area contributed by atoms with Gasteiger partial charge in [0.25, 0.3) is 5.91 Å². The van der Waals surface area contributed by atoms with Crippen LogP contribution >= 0.6 is 46.1 Å². The fourth-order valence-corrected chi connectivity index (χ4v) is 5.36. The molecule has 0 atom stereocenters. The summed E-state index contributed by atoms with van der Waals surface area (Å²) < 4.78 is 0.848. The largest absolute Gasteiger partial charge is 0.338 e. The van der Waals surface area contributed by atoms with E-state index in [1.165, 1.54) is 11.3 Å². The van der Waals surface area contributed by atoms with E-state index in [9.17, 15) is 4.79 Å². The summed E-state index contributed by atoms with van der Waals surface area (Å²) >= 11 is 20.1. The van der Waals surface area contributed by atoms with Crippen LogP contribution in [0.5, 0.6) is 0 Å². The molecule has 1 aromatic carbocycles. The maximum Gasteiger partial charge on any atom is 0.265 e. The number of benzene rings is 1. The third kappa shape index (κ3) is 3.47. The van der Waals surface area contributed by atoms with Gasteiger partial charge in [-0.15, -0.1) is 11.3 Å². The van der Waals surface area contributed by atoms with E-state index < -0.39 is 0 Å². The number of nitrogens with zero attached hydrogens (tertiary/aromatic N) is 1. The smallest absolute Gasteiger partial charge is 0.265 e. The third-order valence-electron chi connectivity index (χ3n) is 4.24. The van der Waals surface area contributed by atoms with Crippen LogP contribution in [0.1, 0.15) is 22.5 Å². The number of hydrogen-bond acceptors (Lipinski definition) is 3. The molecule has 124 valence electrons. The Labute approximate surface area is 154 Å². The van der Waals surface area contributed by atoms with Crippen molar-refractivity contribution in [3.05, 3.63) is 32.1 Å². The van der Waals surface area contributed by atoms with Gasteiger partial charge < -0.3 is 10.2 Å². The molecule has 1 aliphatic rings. The first kappa shape index (κ1) is 17.3. The topological polar surface area (TPSA) is 32.3 Å². The lowest BCUT2D eigenvalue weighted by molar-refractivity contribution is 0.0696. The van der Waals surface area contributed by atoms with Crippen LogP contribution in [0.15, 0.2) is 12.1 Å². The average molecular weight is 392 g/mol. The maximum atomic E-state index is 12.8. The maximum absolute atomic E-state index is 12.8. The van der Waals surface area contributed by atoms with Crippen molar-refractivity contribution in [1.82, 2.24) is 10.2 Å². The highest BCUT2D eigenvalue weighted by Gasteiger charge is 2.27. The Balaban J connectivity index is 1.85. The van der Waals surface area contributed by atoms with Crippen molar-refractivity contribution < 1.29 is 4.79 Å². The lowest BCUT2D eigenvalue weighted by Gasteiger charge is -2.31. The molecule has 2 heterocycles. The van der Waals surface area contributed by atoms with Crippen molar-refractivity contribution in [1.29, 1.82) is 0 Å². The number of likely N-dealkylation sites (tertiary alicyclic amines) is 1. The Bertz CT molecular complexity index is 738. The molecule has 1 fully saturated rings. The number of fused-ring (bicyclic) bond motifs is 1. The number of rotatable bonds is 3. The van der Waals surface area contributed by atoms with Crippen molar-refractivity contribution in [3.8, 4) is 0 Å². The molecule has 23 heavy (non-hydrogen) atoms. The molecule has 1 amide bonds. The second-order valence-corrected chi connectivity index (χ2v) is 8.07. The van der Waals surface area contributed by atoms with E-state index in [4.69, 9.17) is 34.8 Å². The van der Waals surface area contributed by atoms with Gasteiger partial charge in [-0.05, 0) is 44.5 Å².